The second-order valence-electron chi connectivity index (χ2n) is 10.6. The van der Waals surface area contributed by atoms with Crippen LogP contribution in [0.3, 0.4) is 0 Å². The van der Waals surface area contributed by atoms with Gasteiger partial charge in [0.2, 0.25) is 0 Å². The number of rotatable bonds is 12. The van der Waals surface area contributed by atoms with Gasteiger partial charge in [0.1, 0.15) is 47.2 Å². The molecule has 236 valence electrons. The number of aromatic nitrogens is 3. The normalized spacial score (nSPS) is 13.2. The summed E-state index contributed by atoms with van der Waals surface area (Å²) in [7, 11) is -3.47. The van der Waals surface area contributed by atoms with Crippen LogP contribution in [0.15, 0.2) is 70.8 Å². The average molecular weight is 718 g/mol. The van der Waals surface area contributed by atoms with Crippen molar-refractivity contribution in [1.29, 1.82) is 0 Å². The van der Waals surface area contributed by atoms with Gasteiger partial charge in [-0.2, -0.15) is 0 Å². The fraction of sp³-hybridized carbons (Fsp3) is 0.281. The van der Waals surface area contributed by atoms with Crippen molar-refractivity contribution in [3.63, 3.8) is 0 Å². The fourth-order valence-corrected chi connectivity index (χ4v) is 7.06. The van der Waals surface area contributed by atoms with Gasteiger partial charge in [-0.15, -0.1) is 11.3 Å². The van der Waals surface area contributed by atoms with Crippen molar-refractivity contribution >= 4 is 59.5 Å². The first-order valence-corrected chi connectivity index (χ1v) is 17.5. The molecule has 5 aromatic rings. The molecule has 3 aromatic carbocycles. The third-order valence-electron chi connectivity index (χ3n) is 7.12. The van der Waals surface area contributed by atoms with Crippen LogP contribution in [0.2, 0.25) is 0 Å². The molecule has 2 unspecified atom stereocenters. The minimum absolute atomic E-state index is 0.202. The number of sulfone groups is 1. The van der Waals surface area contributed by atoms with E-state index in [9.17, 15) is 12.8 Å². The number of fused-ring (bicyclic) bond motifs is 1. The summed E-state index contributed by atoms with van der Waals surface area (Å²) in [6, 6.07) is 14.6. The van der Waals surface area contributed by atoms with Gasteiger partial charge in [0, 0.05) is 28.1 Å². The van der Waals surface area contributed by atoms with Gasteiger partial charge in [0.15, 0.2) is 15.3 Å². The van der Waals surface area contributed by atoms with Crippen LogP contribution in [0, 0.1) is 11.6 Å². The molecule has 0 aliphatic heterocycles. The zero-order valence-corrected chi connectivity index (χ0v) is 28.1. The molecule has 0 fully saturated rings. The molecule has 0 aliphatic carbocycles. The molecule has 45 heavy (non-hydrogen) atoms. The molecule has 5 rings (SSSR count). The zero-order chi connectivity index (χ0) is 32.3. The van der Waals surface area contributed by atoms with E-state index in [0.717, 1.165) is 0 Å². The summed E-state index contributed by atoms with van der Waals surface area (Å²) in [5.74, 6) is 0.205. The van der Waals surface area contributed by atoms with Crippen molar-refractivity contribution in [3.05, 3.63) is 93.0 Å². The molecule has 2 atom stereocenters. The van der Waals surface area contributed by atoms with E-state index in [1.165, 1.54) is 42.8 Å². The molecule has 0 aliphatic rings. The predicted octanol–water partition coefficient (Wildman–Crippen LogP) is 8.75. The Kier molecular flexibility index (Phi) is 10.1. The van der Waals surface area contributed by atoms with Gasteiger partial charge in [-0.05, 0) is 85.1 Å². The lowest BCUT2D eigenvalue weighted by Crippen LogP contribution is -2.29. The Morgan fingerprint density at radius 1 is 1.04 bits per heavy atom. The Hall–Kier alpha value is -3.52. The third kappa shape index (κ3) is 7.49. The first kappa shape index (κ1) is 32.9. The molecular formula is C32H31BrF2N4O4S2. The van der Waals surface area contributed by atoms with Crippen molar-refractivity contribution in [2.45, 2.75) is 57.5 Å². The quantitative estimate of drug-likeness (QED) is 0.137. The van der Waals surface area contributed by atoms with Crippen molar-refractivity contribution in [1.82, 2.24) is 15.0 Å². The summed E-state index contributed by atoms with van der Waals surface area (Å²) < 4.78 is 66.4. The standard InChI is InChI=1S/C32H31BrF2N4O4S2/c1-5-29(43-19(4)45(40,41)18(2)3)32-39-28(16-44-32)23-13-24-27(14-26(23)35)36-17-37-31(24)38-22-9-10-30(25(33)12-22)42-15-20-7-6-8-21(34)11-20/h6-14,16-19,29H,5,15H2,1-4H3,(H,36,37,38). The molecule has 8 nitrogen and oxygen atoms in total. The second kappa shape index (κ2) is 13.9. The molecule has 0 bridgehead atoms. The van der Waals surface area contributed by atoms with Crippen LogP contribution in [0.5, 0.6) is 5.75 Å². The summed E-state index contributed by atoms with van der Waals surface area (Å²) in [6.07, 6.45) is 1.29. The Morgan fingerprint density at radius 3 is 2.56 bits per heavy atom. The van der Waals surface area contributed by atoms with Crippen LogP contribution >= 0.6 is 27.3 Å². The third-order valence-corrected chi connectivity index (χ3v) is 11.0. The zero-order valence-electron chi connectivity index (χ0n) is 24.9. The number of nitrogens with one attached hydrogen (secondary N) is 1. The predicted molar refractivity (Wildman–Crippen MR) is 176 cm³/mol. The smallest absolute Gasteiger partial charge is 0.179 e. The summed E-state index contributed by atoms with van der Waals surface area (Å²) in [4.78, 5) is 13.3. The summed E-state index contributed by atoms with van der Waals surface area (Å²) in [5.41, 5.74) is 1.44. The van der Waals surface area contributed by atoms with Gasteiger partial charge in [-0.1, -0.05) is 19.1 Å². The number of ether oxygens (including phenoxy) is 2. The molecule has 2 aromatic heterocycles. The lowest BCUT2D eigenvalue weighted by molar-refractivity contribution is 0.0349. The van der Waals surface area contributed by atoms with Crippen LogP contribution < -0.4 is 10.1 Å². The van der Waals surface area contributed by atoms with Crippen LogP contribution in [-0.2, 0) is 21.2 Å². The van der Waals surface area contributed by atoms with Crippen molar-refractivity contribution in [2.24, 2.45) is 0 Å². The second-order valence-corrected chi connectivity index (χ2v) is 15.1. The molecule has 0 amide bonds. The molecular weight excluding hydrogens is 686 g/mol. The Balaban J connectivity index is 1.37. The van der Waals surface area contributed by atoms with Gasteiger partial charge in [-0.3, -0.25) is 0 Å². The minimum atomic E-state index is -3.47. The number of thiazole rings is 1. The lowest BCUT2D eigenvalue weighted by Gasteiger charge is -2.21. The van der Waals surface area contributed by atoms with Crippen molar-refractivity contribution in [2.75, 3.05) is 5.32 Å². The highest BCUT2D eigenvalue weighted by Gasteiger charge is 2.29. The molecule has 1 N–H and O–H groups in total. The largest absolute Gasteiger partial charge is 0.488 e. The summed E-state index contributed by atoms with van der Waals surface area (Å²) >= 11 is 4.82. The fourth-order valence-electron chi connectivity index (χ4n) is 4.57. The maximum atomic E-state index is 15.4. The van der Waals surface area contributed by atoms with Crippen LogP contribution in [0.4, 0.5) is 20.3 Å². The van der Waals surface area contributed by atoms with Crippen molar-refractivity contribution in [3.8, 4) is 17.0 Å². The first-order valence-electron chi connectivity index (χ1n) is 14.2. The number of anilines is 2. The van der Waals surface area contributed by atoms with E-state index in [2.05, 4.69) is 36.2 Å². The van der Waals surface area contributed by atoms with Gasteiger partial charge in [0.05, 0.1) is 20.9 Å². The molecule has 0 saturated heterocycles. The molecule has 13 heteroatoms. The van der Waals surface area contributed by atoms with E-state index in [1.807, 2.05) is 19.1 Å². The summed E-state index contributed by atoms with van der Waals surface area (Å²) in [5, 5.41) is 5.55. The van der Waals surface area contributed by atoms with Gasteiger partial charge < -0.3 is 14.8 Å². The monoisotopic (exact) mass is 716 g/mol. The SMILES string of the molecule is CCC(OC(C)S(=O)(=O)C(C)C)c1nc(-c2cc3c(Nc4ccc(OCc5cccc(F)c5)c(Br)c4)ncnc3cc2F)cs1. The maximum Gasteiger partial charge on any atom is 0.179 e. The van der Waals surface area contributed by atoms with E-state index in [0.29, 0.717) is 55.3 Å². The van der Waals surface area contributed by atoms with Crippen LogP contribution in [-0.4, -0.2) is 34.1 Å². The Morgan fingerprint density at radius 2 is 1.84 bits per heavy atom. The van der Waals surface area contributed by atoms with E-state index in [-0.39, 0.29) is 18.0 Å². The maximum absolute atomic E-state index is 15.4. The molecule has 0 saturated carbocycles. The van der Waals surface area contributed by atoms with E-state index >= 15 is 4.39 Å². The van der Waals surface area contributed by atoms with Crippen molar-refractivity contribution < 1.29 is 26.7 Å². The van der Waals surface area contributed by atoms with E-state index < -0.39 is 32.4 Å². The number of hydrogen-bond acceptors (Lipinski definition) is 9. The van der Waals surface area contributed by atoms with E-state index in [1.54, 1.807) is 43.5 Å². The number of hydrogen-bond donors (Lipinski definition) is 1. The molecule has 0 radical (unpaired) electrons. The minimum Gasteiger partial charge on any atom is -0.488 e. The lowest BCUT2D eigenvalue weighted by atomic mass is 10.1. The average Bonchev–Trinajstić information content (AvgIpc) is 3.49. The number of benzene rings is 3. The Bertz CT molecular complexity index is 1940. The molecule has 2 heterocycles. The van der Waals surface area contributed by atoms with Gasteiger partial charge in [0.25, 0.3) is 0 Å². The number of nitrogens with zero attached hydrogens (tertiary/aromatic N) is 3. The van der Waals surface area contributed by atoms with E-state index in [4.69, 9.17) is 9.47 Å². The van der Waals surface area contributed by atoms with Gasteiger partial charge >= 0.3 is 0 Å². The molecule has 0 spiro atoms. The van der Waals surface area contributed by atoms with Crippen LogP contribution in [0.25, 0.3) is 22.2 Å². The topological polar surface area (TPSA) is 103 Å². The highest BCUT2D eigenvalue weighted by Crippen LogP contribution is 2.36. The highest BCUT2D eigenvalue weighted by molar-refractivity contribution is 9.10. The van der Waals surface area contributed by atoms with Crippen LogP contribution in [0.1, 0.15) is 50.8 Å². The van der Waals surface area contributed by atoms with Gasteiger partial charge in [-0.25, -0.2) is 32.2 Å². The summed E-state index contributed by atoms with van der Waals surface area (Å²) in [6.45, 7) is 6.84. The Labute approximate surface area is 272 Å². The number of halogens is 3. The highest BCUT2D eigenvalue weighted by atomic mass is 79.9. The first-order chi connectivity index (χ1) is 21.5.